The lowest BCUT2D eigenvalue weighted by Crippen LogP contribution is -2.29. The summed E-state index contributed by atoms with van der Waals surface area (Å²) in [6, 6.07) is 1.37. The van der Waals surface area contributed by atoms with Crippen LogP contribution in [0.1, 0.15) is 23.0 Å². The Labute approximate surface area is 120 Å². The fourth-order valence-corrected chi connectivity index (χ4v) is 3.17. The van der Waals surface area contributed by atoms with Gasteiger partial charge in [0, 0.05) is 26.3 Å². The summed E-state index contributed by atoms with van der Waals surface area (Å²) in [6.07, 6.45) is 2.85. The van der Waals surface area contributed by atoms with Crippen molar-refractivity contribution in [1.82, 2.24) is 0 Å². The molecule has 1 aliphatic rings. The van der Waals surface area contributed by atoms with Gasteiger partial charge in [0.15, 0.2) is 10.8 Å². The number of thiophene rings is 1. The molecule has 1 aliphatic heterocycles. The van der Waals surface area contributed by atoms with Crippen molar-refractivity contribution in [2.45, 2.75) is 13.3 Å². The fraction of sp³-hybridized carbons (Fsp3) is 0.462. The van der Waals surface area contributed by atoms with E-state index in [1.54, 1.807) is 7.11 Å². The molecule has 6 nitrogen and oxygen atoms in total. The first-order valence-electron chi connectivity index (χ1n) is 6.24. The van der Waals surface area contributed by atoms with Crippen LogP contribution in [0, 0.1) is 10.1 Å². The molecule has 108 valence electrons. The van der Waals surface area contributed by atoms with Gasteiger partial charge in [-0.3, -0.25) is 14.9 Å². The number of carbonyl (C=O) groups excluding carboxylic acids is 1. The number of carbonyl (C=O) groups is 1. The zero-order valence-electron chi connectivity index (χ0n) is 11.4. The molecule has 0 fully saturated rings. The maximum absolute atomic E-state index is 11.4. The summed E-state index contributed by atoms with van der Waals surface area (Å²) in [4.78, 5) is 24.4. The molecule has 2 heterocycles. The van der Waals surface area contributed by atoms with E-state index in [-0.39, 0.29) is 11.5 Å². The second kappa shape index (κ2) is 6.15. The first kappa shape index (κ1) is 14.7. The van der Waals surface area contributed by atoms with Crippen LogP contribution < -0.4 is 4.90 Å². The summed E-state index contributed by atoms with van der Waals surface area (Å²) in [5, 5.41) is 11.7. The van der Waals surface area contributed by atoms with Gasteiger partial charge in [0.2, 0.25) is 0 Å². The van der Waals surface area contributed by atoms with Gasteiger partial charge in [-0.1, -0.05) is 6.08 Å². The lowest BCUT2D eigenvalue weighted by atomic mass is 10.1. The van der Waals surface area contributed by atoms with E-state index in [9.17, 15) is 14.9 Å². The summed E-state index contributed by atoms with van der Waals surface area (Å²) < 4.78 is 5.08. The Morgan fingerprint density at radius 1 is 1.60 bits per heavy atom. The summed E-state index contributed by atoms with van der Waals surface area (Å²) in [6.45, 7) is 3.33. The lowest BCUT2D eigenvalue weighted by molar-refractivity contribution is -0.383. The zero-order chi connectivity index (χ0) is 14.7. The molecule has 0 N–H and O–H groups in total. The van der Waals surface area contributed by atoms with Crippen LogP contribution in [-0.2, 0) is 4.74 Å². The molecule has 0 atom stereocenters. The summed E-state index contributed by atoms with van der Waals surface area (Å²) in [5.74, 6) is -0.142. The molecule has 0 unspecified atom stereocenters. The number of ketones is 1. The number of methoxy groups -OCH3 is 1. The largest absolute Gasteiger partial charge is 0.380 e. The third kappa shape index (κ3) is 3.05. The third-order valence-electron chi connectivity index (χ3n) is 3.16. The minimum atomic E-state index is -0.424. The Morgan fingerprint density at radius 2 is 2.35 bits per heavy atom. The van der Waals surface area contributed by atoms with E-state index in [1.165, 1.54) is 29.9 Å². The number of nitro groups is 1. The van der Waals surface area contributed by atoms with E-state index in [0.29, 0.717) is 29.6 Å². The molecule has 7 heteroatoms. The highest BCUT2D eigenvalue weighted by Gasteiger charge is 2.26. The first-order valence-corrected chi connectivity index (χ1v) is 7.05. The molecular weight excluding hydrogens is 280 g/mol. The monoisotopic (exact) mass is 296 g/mol. The number of hydrogen-bond donors (Lipinski definition) is 0. The van der Waals surface area contributed by atoms with Gasteiger partial charge in [-0.25, -0.2) is 0 Å². The van der Waals surface area contributed by atoms with Gasteiger partial charge >= 0.3 is 5.69 Å². The SMILES string of the molecule is COCC1=CCN(c2sc(C(C)=O)cc2[N+](=O)[O-])CC1. The van der Waals surface area contributed by atoms with Crippen LogP contribution in [0.4, 0.5) is 10.7 Å². The van der Waals surface area contributed by atoms with E-state index in [1.807, 2.05) is 11.0 Å². The van der Waals surface area contributed by atoms with E-state index in [0.717, 1.165) is 6.42 Å². The Bertz CT molecular complexity index is 565. The number of nitrogens with zero attached hydrogens (tertiary/aromatic N) is 2. The lowest BCUT2D eigenvalue weighted by Gasteiger charge is -2.26. The Balaban J connectivity index is 2.25. The van der Waals surface area contributed by atoms with Crippen LogP contribution in [0.2, 0.25) is 0 Å². The molecule has 0 aromatic carbocycles. The predicted octanol–water partition coefficient (Wildman–Crippen LogP) is 2.64. The number of ether oxygens (including phenoxy) is 1. The topological polar surface area (TPSA) is 72.7 Å². The van der Waals surface area contributed by atoms with Gasteiger partial charge in [0.25, 0.3) is 0 Å². The molecular formula is C13H16N2O4S. The Kier molecular flexibility index (Phi) is 4.51. The molecule has 2 rings (SSSR count). The maximum Gasteiger partial charge on any atom is 0.304 e. The highest BCUT2D eigenvalue weighted by molar-refractivity contribution is 7.18. The highest BCUT2D eigenvalue weighted by Crippen LogP contribution is 2.38. The quantitative estimate of drug-likeness (QED) is 0.361. The normalized spacial score (nSPS) is 15.1. The van der Waals surface area contributed by atoms with Crippen LogP contribution in [0.5, 0.6) is 0 Å². The molecule has 0 saturated heterocycles. The Hall–Kier alpha value is -1.73. The van der Waals surface area contributed by atoms with Gasteiger partial charge < -0.3 is 9.64 Å². The van der Waals surface area contributed by atoms with Crippen molar-refractivity contribution in [3.63, 3.8) is 0 Å². The number of hydrogen-bond acceptors (Lipinski definition) is 6. The van der Waals surface area contributed by atoms with Crippen LogP contribution in [-0.4, -0.2) is 37.5 Å². The summed E-state index contributed by atoms with van der Waals surface area (Å²) in [7, 11) is 1.65. The van der Waals surface area contributed by atoms with Crippen molar-refractivity contribution in [3.05, 3.63) is 32.7 Å². The number of Topliss-reactive ketones (excluding diaryl/α,β-unsaturated/α-hetero) is 1. The van der Waals surface area contributed by atoms with Crippen LogP contribution >= 0.6 is 11.3 Å². The van der Waals surface area contributed by atoms with Gasteiger partial charge in [0.1, 0.15) is 0 Å². The molecule has 0 saturated carbocycles. The standard InChI is InChI=1S/C13H16N2O4S/c1-9(16)12-7-11(15(17)18)13(20-12)14-5-3-10(4-6-14)8-19-2/h3,7H,4-6,8H2,1-2H3. The molecule has 1 aromatic rings. The molecule has 0 radical (unpaired) electrons. The van der Waals surface area contributed by atoms with Crippen LogP contribution in [0.25, 0.3) is 0 Å². The minimum Gasteiger partial charge on any atom is -0.380 e. The van der Waals surface area contributed by atoms with Gasteiger partial charge in [0.05, 0.1) is 16.4 Å². The average molecular weight is 296 g/mol. The number of anilines is 1. The smallest absolute Gasteiger partial charge is 0.304 e. The van der Waals surface area contributed by atoms with E-state index in [4.69, 9.17) is 4.74 Å². The molecule has 20 heavy (non-hydrogen) atoms. The molecule has 0 amide bonds. The molecule has 0 spiro atoms. The zero-order valence-corrected chi connectivity index (χ0v) is 12.2. The van der Waals surface area contributed by atoms with Crippen molar-refractivity contribution in [1.29, 1.82) is 0 Å². The predicted molar refractivity (Wildman–Crippen MR) is 77.8 cm³/mol. The van der Waals surface area contributed by atoms with Crippen molar-refractivity contribution in [2.24, 2.45) is 0 Å². The average Bonchev–Trinajstić information content (AvgIpc) is 2.85. The second-order valence-electron chi connectivity index (χ2n) is 4.61. The summed E-state index contributed by atoms with van der Waals surface area (Å²) in [5.41, 5.74) is 1.22. The fourth-order valence-electron chi connectivity index (χ4n) is 2.11. The first-order chi connectivity index (χ1) is 9.52. The Morgan fingerprint density at radius 3 is 2.85 bits per heavy atom. The van der Waals surface area contributed by atoms with Crippen molar-refractivity contribution >= 4 is 27.8 Å². The van der Waals surface area contributed by atoms with Gasteiger partial charge in [-0.05, 0) is 18.9 Å². The van der Waals surface area contributed by atoms with Crippen molar-refractivity contribution in [3.8, 4) is 0 Å². The highest BCUT2D eigenvalue weighted by atomic mass is 32.1. The summed E-state index contributed by atoms with van der Waals surface area (Å²) >= 11 is 1.19. The second-order valence-corrected chi connectivity index (χ2v) is 5.64. The molecule has 0 aliphatic carbocycles. The minimum absolute atomic E-state index is 0.0174. The van der Waals surface area contributed by atoms with Crippen molar-refractivity contribution < 1.29 is 14.5 Å². The van der Waals surface area contributed by atoms with Crippen LogP contribution in [0.15, 0.2) is 17.7 Å². The molecule has 0 bridgehead atoms. The molecule has 1 aromatic heterocycles. The maximum atomic E-state index is 11.4. The number of rotatable bonds is 5. The van der Waals surface area contributed by atoms with Gasteiger partial charge in [-0.15, -0.1) is 11.3 Å². The van der Waals surface area contributed by atoms with E-state index >= 15 is 0 Å². The third-order valence-corrected chi connectivity index (χ3v) is 4.44. The van der Waals surface area contributed by atoms with Crippen molar-refractivity contribution in [2.75, 3.05) is 31.7 Å². The van der Waals surface area contributed by atoms with Crippen LogP contribution in [0.3, 0.4) is 0 Å². The van der Waals surface area contributed by atoms with Gasteiger partial charge in [-0.2, -0.15) is 0 Å². The van der Waals surface area contributed by atoms with E-state index in [2.05, 4.69) is 0 Å². The van der Waals surface area contributed by atoms with E-state index < -0.39 is 4.92 Å².